The molecule has 0 spiro atoms. The van der Waals surface area contributed by atoms with Gasteiger partial charge in [0.25, 0.3) is 0 Å². The summed E-state index contributed by atoms with van der Waals surface area (Å²) in [5.41, 5.74) is -0.106. The van der Waals surface area contributed by atoms with E-state index >= 15 is 0 Å². The number of nitrogens with one attached hydrogen (secondary N) is 1. The minimum atomic E-state index is -0.106. The van der Waals surface area contributed by atoms with E-state index in [1.54, 1.807) is 0 Å². The molecule has 1 heterocycles. The molecule has 2 atom stereocenters. The average Bonchev–Trinajstić information content (AvgIpc) is 2.76. The van der Waals surface area contributed by atoms with Gasteiger partial charge in [0.2, 0.25) is 0 Å². The van der Waals surface area contributed by atoms with Gasteiger partial charge in [-0.3, -0.25) is 0 Å². The lowest BCUT2D eigenvalue weighted by Gasteiger charge is -2.30. The van der Waals surface area contributed by atoms with Crippen molar-refractivity contribution in [3.8, 4) is 0 Å². The van der Waals surface area contributed by atoms with Crippen molar-refractivity contribution in [1.29, 1.82) is 0 Å². The molecule has 1 aliphatic heterocycles. The maximum absolute atomic E-state index is 9.45. The molecule has 2 unspecified atom stereocenters. The molecule has 0 bridgehead atoms. The highest BCUT2D eigenvalue weighted by Gasteiger charge is 2.27. The molecule has 3 heteroatoms. The van der Waals surface area contributed by atoms with Gasteiger partial charge in [-0.25, -0.2) is 0 Å². The molecule has 1 saturated heterocycles. The summed E-state index contributed by atoms with van der Waals surface area (Å²) in [6, 6.07) is 0. The number of hydrogen-bond acceptors (Lipinski definition) is 3. The van der Waals surface area contributed by atoms with E-state index in [1.807, 2.05) is 0 Å². The van der Waals surface area contributed by atoms with Crippen molar-refractivity contribution < 1.29 is 5.11 Å². The van der Waals surface area contributed by atoms with Crippen LogP contribution in [-0.4, -0.2) is 48.3 Å². The van der Waals surface area contributed by atoms with Crippen LogP contribution in [0.1, 0.15) is 40.5 Å². The largest absolute Gasteiger partial charge is 0.394 e. The zero-order valence-electron chi connectivity index (χ0n) is 12.0. The first kappa shape index (κ1) is 14.9. The molecule has 102 valence electrons. The van der Waals surface area contributed by atoms with Gasteiger partial charge in [0.05, 0.1) is 6.61 Å². The highest BCUT2D eigenvalue weighted by molar-refractivity contribution is 4.85. The first-order chi connectivity index (χ1) is 8.00. The van der Waals surface area contributed by atoms with Crippen LogP contribution < -0.4 is 5.32 Å². The molecule has 3 nitrogen and oxygen atoms in total. The van der Waals surface area contributed by atoms with Gasteiger partial charge < -0.3 is 15.3 Å². The smallest absolute Gasteiger partial charge is 0.0611 e. The summed E-state index contributed by atoms with van der Waals surface area (Å²) in [6.07, 6.45) is 2.37. The lowest BCUT2D eigenvalue weighted by molar-refractivity contribution is 0.151. The minimum Gasteiger partial charge on any atom is -0.394 e. The van der Waals surface area contributed by atoms with Gasteiger partial charge in [0.1, 0.15) is 0 Å². The van der Waals surface area contributed by atoms with E-state index in [4.69, 9.17) is 0 Å². The van der Waals surface area contributed by atoms with Gasteiger partial charge >= 0.3 is 0 Å². The van der Waals surface area contributed by atoms with Crippen molar-refractivity contribution in [3.05, 3.63) is 0 Å². The molecular formula is C14H30N2O. The average molecular weight is 242 g/mol. The van der Waals surface area contributed by atoms with E-state index in [0.717, 1.165) is 31.3 Å². The Morgan fingerprint density at radius 3 is 2.65 bits per heavy atom. The summed E-state index contributed by atoms with van der Waals surface area (Å²) in [5.74, 6) is 1.67. The fourth-order valence-corrected chi connectivity index (χ4v) is 2.66. The van der Waals surface area contributed by atoms with Crippen LogP contribution in [-0.2, 0) is 0 Å². The zero-order chi connectivity index (χ0) is 12.9. The summed E-state index contributed by atoms with van der Waals surface area (Å²) >= 11 is 0. The predicted molar refractivity (Wildman–Crippen MR) is 73.2 cm³/mol. The molecule has 0 aromatic rings. The minimum absolute atomic E-state index is 0.106. The summed E-state index contributed by atoms with van der Waals surface area (Å²) in [7, 11) is 0. The Morgan fingerprint density at radius 1 is 1.47 bits per heavy atom. The van der Waals surface area contributed by atoms with Crippen molar-refractivity contribution in [2.75, 3.05) is 32.8 Å². The van der Waals surface area contributed by atoms with Crippen molar-refractivity contribution in [2.24, 2.45) is 11.8 Å². The van der Waals surface area contributed by atoms with Crippen LogP contribution >= 0.6 is 0 Å². The number of aliphatic hydroxyl groups is 1. The number of likely N-dealkylation sites (N-methyl/N-ethyl adjacent to an activating group) is 1. The number of likely N-dealkylation sites (tertiary alicyclic amines) is 1. The molecule has 0 aromatic heterocycles. The first-order valence-corrected chi connectivity index (χ1v) is 7.09. The maximum atomic E-state index is 9.45. The van der Waals surface area contributed by atoms with E-state index in [2.05, 4.69) is 37.9 Å². The third-order valence-corrected chi connectivity index (χ3v) is 4.18. The van der Waals surface area contributed by atoms with Crippen LogP contribution in [0.3, 0.4) is 0 Å². The van der Waals surface area contributed by atoms with Crippen LogP contribution in [0.4, 0.5) is 0 Å². The van der Waals surface area contributed by atoms with E-state index < -0.39 is 0 Å². The molecule has 0 radical (unpaired) electrons. The monoisotopic (exact) mass is 242 g/mol. The van der Waals surface area contributed by atoms with Crippen molar-refractivity contribution in [1.82, 2.24) is 10.2 Å². The molecule has 1 fully saturated rings. The van der Waals surface area contributed by atoms with E-state index in [9.17, 15) is 5.11 Å². The predicted octanol–water partition coefficient (Wildman–Crippen LogP) is 1.71. The summed E-state index contributed by atoms with van der Waals surface area (Å²) < 4.78 is 0. The van der Waals surface area contributed by atoms with Crippen LogP contribution in [0.5, 0.6) is 0 Å². The Labute approximate surface area is 107 Å². The molecule has 2 N–H and O–H groups in total. The number of hydrogen-bond donors (Lipinski definition) is 2. The number of aliphatic hydroxyl groups excluding tert-OH is 1. The van der Waals surface area contributed by atoms with Gasteiger partial charge in [0, 0.05) is 12.1 Å². The normalized spacial score (nSPS) is 25.4. The molecule has 0 aromatic carbocycles. The molecule has 0 saturated carbocycles. The Hall–Kier alpha value is -0.120. The standard InChI is InChI=1S/C14H30N2O/c1-5-15-14(4,11-17)7-9-16-8-6-13(10-16)12(2)3/h12-13,15,17H,5-11H2,1-4H3. The Bertz CT molecular complexity index is 220. The topological polar surface area (TPSA) is 35.5 Å². The Morgan fingerprint density at radius 2 is 2.18 bits per heavy atom. The first-order valence-electron chi connectivity index (χ1n) is 7.09. The number of nitrogens with zero attached hydrogens (tertiary/aromatic N) is 1. The third kappa shape index (κ3) is 4.57. The van der Waals surface area contributed by atoms with Gasteiger partial charge in [-0.1, -0.05) is 20.8 Å². The Kier molecular flexibility index (Phi) is 5.90. The molecule has 1 rings (SSSR count). The fraction of sp³-hybridized carbons (Fsp3) is 1.00. The lowest BCUT2D eigenvalue weighted by Crippen LogP contribution is -2.47. The van der Waals surface area contributed by atoms with Crippen LogP contribution in [0, 0.1) is 11.8 Å². The van der Waals surface area contributed by atoms with Crippen molar-refractivity contribution >= 4 is 0 Å². The van der Waals surface area contributed by atoms with Crippen molar-refractivity contribution in [2.45, 2.75) is 46.1 Å². The van der Waals surface area contributed by atoms with Gasteiger partial charge in [-0.2, -0.15) is 0 Å². The molecular weight excluding hydrogens is 212 g/mol. The second-order valence-electron chi connectivity index (χ2n) is 6.09. The van der Waals surface area contributed by atoms with Crippen molar-refractivity contribution in [3.63, 3.8) is 0 Å². The second-order valence-corrected chi connectivity index (χ2v) is 6.09. The summed E-state index contributed by atoms with van der Waals surface area (Å²) in [6.45, 7) is 13.6. The maximum Gasteiger partial charge on any atom is 0.0611 e. The summed E-state index contributed by atoms with van der Waals surface area (Å²) in [5, 5.41) is 12.8. The van der Waals surface area contributed by atoms with Gasteiger partial charge in [0.15, 0.2) is 0 Å². The van der Waals surface area contributed by atoms with E-state index in [1.165, 1.54) is 19.5 Å². The van der Waals surface area contributed by atoms with E-state index in [0.29, 0.717) is 0 Å². The molecule has 0 amide bonds. The number of rotatable bonds is 7. The molecule has 1 aliphatic rings. The Balaban J connectivity index is 2.31. The third-order valence-electron chi connectivity index (χ3n) is 4.18. The molecule has 0 aliphatic carbocycles. The van der Waals surface area contributed by atoms with Gasteiger partial charge in [-0.05, 0) is 51.2 Å². The lowest BCUT2D eigenvalue weighted by atomic mass is 9.95. The van der Waals surface area contributed by atoms with E-state index in [-0.39, 0.29) is 12.1 Å². The fourth-order valence-electron chi connectivity index (χ4n) is 2.66. The highest BCUT2D eigenvalue weighted by Crippen LogP contribution is 2.24. The van der Waals surface area contributed by atoms with Crippen LogP contribution in [0.2, 0.25) is 0 Å². The van der Waals surface area contributed by atoms with Crippen LogP contribution in [0.15, 0.2) is 0 Å². The highest BCUT2D eigenvalue weighted by atomic mass is 16.3. The zero-order valence-corrected chi connectivity index (χ0v) is 12.0. The molecule has 17 heavy (non-hydrogen) atoms. The van der Waals surface area contributed by atoms with Crippen LogP contribution in [0.25, 0.3) is 0 Å². The van der Waals surface area contributed by atoms with Gasteiger partial charge in [-0.15, -0.1) is 0 Å². The summed E-state index contributed by atoms with van der Waals surface area (Å²) in [4.78, 5) is 2.55. The quantitative estimate of drug-likeness (QED) is 0.713. The second kappa shape index (κ2) is 6.72. The SMILES string of the molecule is CCNC(C)(CO)CCN1CCC(C(C)C)C1.